The van der Waals surface area contributed by atoms with Gasteiger partial charge in [0.25, 0.3) is 0 Å². The zero-order valence-corrected chi connectivity index (χ0v) is 14.8. The summed E-state index contributed by atoms with van der Waals surface area (Å²) in [5.41, 5.74) is 0.890. The number of Topliss-reactive ketones (excluding diaryl/α,β-unsaturated/α-hetero) is 2. The molecule has 1 saturated heterocycles. The molecule has 0 N–H and O–H groups in total. The average molecular weight is 328 g/mol. The number of hydrogen-bond acceptors (Lipinski definition) is 4. The van der Waals surface area contributed by atoms with Crippen molar-refractivity contribution < 1.29 is 19.1 Å². The van der Waals surface area contributed by atoms with Crippen molar-refractivity contribution in [3.8, 4) is 0 Å². The fourth-order valence-electron chi connectivity index (χ4n) is 5.52. The molecule has 0 aromatic heterocycles. The van der Waals surface area contributed by atoms with E-state index in [4.69, 9.17) is 4.74 Å². The lowest BCUT2D eigenvalue weighted by Gasteiger charge is -2.59. The van der Waals surface area contributed by atoms with E-state index in [-0.39, 0.29) is 29.3 Å². The summed E-state index contributed by atoms with van der Waals surface area (Å²) in [5, 5.41) is 0. The number of rotatable bonds is 1. The molecule has 0 radical (unpaired) electrons. The number of ether oxygens (including phenoxy) is 1. The van der Waals surface area contributed by atoms with E-state index in [1.165, 1.54) is 0 Å². The Morgan fingerprint density at radius 2 is 1.83 bits per heavy atom. The van der Waals surface area contributed by atoms with Crippen LogP contribution in [-0.4, -0.2) is 23.6 Å². The average Bonchev–Trinajstić information content (AvgIpc) is 2.50. The smallest absolute Gasteiger partial charge is 0.317 e. The Morgan fingerprint density at radius 1 is 1.12 bits per heavy atom. The van der Waals surface area contributed by atoms with Crippen molar-refractivity contribution in [2.75, 3.05) is 0 Å². The summed E-state index contributed by atoms with van der Waals surface area (Å²) in [4.78, 5) is 38.5. The molecule has 0 amide bonds. The molecule has 4 nitrogen and oxygen atoms in total. The molecule has 5 rings (SSSR count). The van der Waals surface area contributed by atoms with Crippen LogP contribution in [-0.2, 0) is 19.1 Å². The second kappa shape index (κ2) is 4.68. The highest BCUT2D eigenvalue weighted by Crippen LogP contribution is 2.64. The van der Waals surface area contributed by atoms with E-state index in [1.54, 1.807) is 0 Å². The molecule has 2 bridgehead atoms. The fraction of sp³-hybridized carbons (Fsp3) is 0.650. The van der Waals surface area contributed by atoms with Gasteiger partial charge in [0, 0.05) is 16.7 Å². The third-order valence-electron chi connectivity index (χ3n) is 6.70. The van der Waals surface area contributed by atoms with Crippen molar-refractivity contribution in [3.05, 3.63) is 22.8 Å². The molecule has 3 aliphatic carbocycles. The molecular formula is C20H24O4. The van der Waals surface area contributed by atoms with Gasteiger partial charge >= 0.3 is 5.97 Å². The first-order chi connectivity index (χ1) is 11.2. The zero-order valence-electron chi connectivity index (χ0n) is 14.8. The van der Waals surface area contributed by atoms with Gasteiger partial charge in [0.2, 0.25) is 11.6 Å². The van der Waals surface area contributed by atoms with E-state index in [0.717, 1.165) is 24.8 Å². The van der Waals surface area contributed by atoms with Crippen LogP contribution in [0.2, 0.25) is 0 Å². The van der Waals surface area contributed by atoms with Crippen LogP contribution in [0.4, 0.5) is 0 Å². The zero-order chi connectivity index (χ0) is 17.4. The van der Waals surface area contributed by atoms with Crippen LogP contribution in [0, 0.1) is 22.7 Å². The second-order valence-electron chi connectivity index (χ2n) is 8.74. The summed E-state index contributed by atoms with van der Waals surface area (Å²) >= 11 is 0. The quantitative estimate of drug-likeness (QED) is 0.421. The van der Waals surface area contributed by atoms with E-state index in [0.29, 0.717) is 17.6 Å². The monoisotopic (exact) mass is 328 g/mol. The highest BCUT2D eigenvalue weighted by atomic mass is 16.5. The van der Waals surface area contributed by atoms with Crippen molar-refractivity contribution >= 4 is 17.5 Å². The number of ketones is 2. The van der Waals surface area contributed by atoms with Crippen LogP contribution >= 0.6 is 0 Å². The summed E-state index contributed by atoms with van der Waals surface area (Å²) < 4.78 is 5.72. The lowest BCUT2D eigenvalue weighted by molar-refractivity contribution is -0.188. The van der Waals surface area contributed by atoms with Crippen molar-refractivity contribution in [2.45, 2.75) is 59.5 Å². The van der Waals surface area contributed by atoms with Gasteiger partial charge < -0.3 is 4.74 Å². The number of carbonyl (C=O) groups excluding carboxylic acids is 3. The van der Waals surface area contributed by atoms with Gasteiger partial charge in [0.1, 0.15) is 11.5 Å². The maximum atomic E-state index is 13.0. The van der Waals surface area contributed by atoms with Crippen molar-refractivity contribution in [1.82, 2.24) is 0 Å². The minimum absolute atomic E-state index is 0.0113. The lowest BCUT2D eigenvalue weighted by atomic mass is 9.46. The van der Waals surface area contributed by atoms with Crippen molar-refractivity contribution in [1.29, 1.82) is 0 Å². The molecule has 1 saturated carbocycles. The first-order valence-corrected chi connectivity index (χ1v) is 8.96. The van der Waals surface area contributed by atoms with E-state index in [1.807, 2.05) is 19.9 Å². The van der Waals surface area contributed by atoms with Crippen LogP contribution in [0.5, 0.6) is 0 Å². The third kappa shape index (κ3) is 1.72. The van der Waals surface area contributed by atoms with E-state index in [2.05, 4.69) is 13.8 Å². The fourth-order valence-corrected chi connectivity index (χ4v) is 5.52. The normalized spacial score (nSPS) is 37.2. The number of esters is 1. The van der Waals surface area contributed by atoms with Gasteiger partial charge in [-0.2, -0.15) is 0 Å². The summed E-state index contributed by atoms with van der Waals surface area (Å²) in [6, 6.07) is 0. The minimum atomic E-state index is -0.905. The van der Waals surface area contributed by atoms with Gasteiger partial charge in [0.15, 0.2) is 0 Å². The SMILES string of the molecule is CC(C)C1=CC2=C(C(=O)C1=O)[C@@]13CCCC(C)(C)[C@@H]1CC2OC3=O. The highest BCUT2D eigenvalue weighted by Gasteiger charge is 2.66. The molecule has 3 atom stereocenters. The number of fused-ring (bicyclic) bond motifs is 1. The molecular weight excluding hydrogens is 304 g/mol. The lowest BCUT2D eigenvalue weighted by Crippen LogP contribution is -2.62. The molecule has 24 heavy (non-hydrogen) atoms. The number of carbonyl (C=O) groups is 3. The van der Waals surface area contributed by atoms with Crippen molar-refractivity contribution in [2.24, 2.45) is 22.7 Å². The maximum absolute atomic E-state index is 13.0. The molecule has 2 aliphatic heterocycles. The third-order valence-corrected chi connectivity index (χ3v) is 6.70. The van der Waals surface area contributed by atoms with Gasteiger partial charge in [-0.1, -0.05) is 34.1 Å². The van der Waals surface area contributed by atoms with Crippen LogP contribution in [0.1, 0.15) is 53.4 Å². The Hall–Kier alpha value is -1.71. The summed E-state index contributed by atoms with van der Waals surface area (Å²) in [5.74, 6) is -1.10. The molecule has 1 unspecified atom stereocenters. The Balaban J connectivity index is 1.97. The van der Waals surface area contributed by atoms with E-state index in [9.17, 15) is 14.4 Å². The summed E-state index contributed by atoms with van der Waals surface area (Å²) in [6.45, 7) is 8.19. The van der Waals surface area contributed by atoms with Crippen molar-refractivity contribution in [3.63, 3.8) is 0 Å². The van der Waals surface area contributed by atoms with E-state index >= 15 is 0 Å². The Kier molecular flexibility index (Phi) is 3.08. The van der Waals surface area contributed by atoms with Crippen LogP contribution < -0.4 is 0 Å². The standard InChI is InChI=1S/C20H24O4/c1-10(2)11-8-12-13-9-14-19(3,4)6-5-7-20(14,18(23)24-13)15(12)17(22)16(11)21/h8,10,13-14H,5-7,9H2,1-4H3/t13?,14-,20+/m0/s1. The second-order valence-corrected chi connectivity index (χ2v) is 8.74. The Labute approximate surface area is 142 Å². The Bertz CT molecular complexity index is 737. The van der Waals surface area contributed by atoms with Crippen LogP contribution in [0.3, 0.4) is 0 Å². The molecule has 2 fully saturated rings. The molecule has 0 aromatic carbocycles. The Morgan fingerprint density at radius 3 is 2.50 bits per heavy atom. The van der Waals surface area contributed by atoms with Gasteiger partial charge in [-0.3, -0.25) is 14.4 Å². The molecule has 5 aliphatic rings. The number of hydrogen-bond donors (Lipinski definition) is 0. The molecule has 4 heteroatoms. The number of allylic oxidation sites excluding steroid dienone is 1. The summed E-state index contributed by atoms with van der Waals surface area (Å²) in [7, 11) is 0. The molecule has 2 heterocycles. The predicted molar refractivity (Wildman–Crippen MR) is 88.0 cm³/mol. The van der Waals surface area contributed by atoms with Crippen LogP contribution in [0.15, 0.2) is 22.8 Å². The molecule has 128 valence electrons. The van der Waals surface area contributed by atoms with Crippen LogP contribution in [0.25, 0.3) is 0 Å². The van der Waals surface area contributed by atoms with Gasteiger partial charge in [-0.05, 0) is 42.6 Å². The first-order valence-electron chi connectivity index (χ1n) is 8.96. The predicted octanol–water partition coefficient (Wildman–Crippen LogP) is 3.16. The van der Waals surface area contributed by atoms with Gasteiger partial charge in [-0.15, -0.1) is 0 Å². The largest absolute Gasteiger partial charge is 0.457 e. The minimum Gasteiger partial charge on any atom is -0.457 e. The first kappa shape index (κ1) is 15.8. The van der Waals surface area contributed by atoms with Gasteiger partial charge in [-0.25, -0.2) is 0 Å². The molecule has 1 spiro atoms. The topological polar surface area (TPSA) is 60.4 Å². The van der Waals surface area contributed by atoms with Gasteiger partial charge in [0.05, 0.1) is 0 Å². The summed E-state index contributed by atoms with van der Waals surface area (Å²) in [6.07, 6.45) is 4.78. The van der Waals surface area contributed by atoms with E-state index < -0.39 is 17.0 Å². The maximum Gasteiger partial charge on any atom is 0.317 e. The highest BCUT2D eigenvalue weighted by molar-refractivity contribution is 6.51. The molecule has 0 aromatic rings.